The van der Waals surface area contributed by atoms with Gasteiger partial charge in [-0.3, -0.25) is 4.79 Å². The summed E-state index contributed by atoms with van der Waals surface area (Å²) in [5, 5.41) is 0. The molecule has 2 heteroatoms. The Morgan fingerprint density at radius 2 is 1.67 bits per heavy atom. The highest BCUT2D eigenvalue weighted by Crippen LogP contribution is 2.26. The largest absolute Gasteiger partial charge is 0.398 e. The van der Waals surface area contributed by atoms with E-state index in [9.17, 15) is 4.79 Å². The van der Waals surface area contributed by atoms with Crippen molar-refractivity contribution in [1.29, 1.82) is 0 Å². The average molecular weight is 239 g/mol. The van der Waals surface area contributed by atoms with Crippen LogP contribution < -0.4 is 5.73 Å². The summed E-state index contributed by atoms with van der Waals surface area (Å²) in [7, 11) is 0. The van der Waals surface area contributed by atoms with Gasteiger partial charge >= 0.3 is 0 Å². The number of para-hydroxylation sites is 1. The molecule has 0 fully saturated rings. The lowest BCUT2D eigenvalue weighted by Gasteiger charge is -2.12. The fraction of sp³-hybridized carbons (Fsp3) is 0.188. The molecular weight excluding hydrogens is 222 g/mol. The number of carbonyl (C=O) groups excluding carboxylic acids is 1. The fourth-order valence-corrected chi connectivity index (χ4v) is 2.03. The third kappa shape index (κ3) is 2.28. The molecule has 0 aliphatic carbocycles. The number of carbonyl (C=O) groups is 1. The number of anilines is 1. The molecule has 92 valence electrons. The predicted octanol–water partition coefficient (Wildman–Crippen LogP) is 3.62. The predicted molar refractivity (Wildman–Crippen MR) is 74.8 cm³/mol. The first kappa shape index (κ1) is 12.4. The first-order valence-corrected chi connectivity index (χ1v) is 6.09. The summed E-state index contributed by atoms with van der Waals surface area (Å²) in [5.74, 6) is 0.295. The van der Waals surface area contributed by atoms with E-state index in [1.807, 2.05) is 42.5 Å². The quantitative estimate of drug-likeness (QED) is 0.656. The van der Waals surface area contributed by atoms with Gasteiger partial charge in [-0.2, -0.15) is 0 Å². The Kier molecular flexibility index (Phi) is 3.47. The van der Waals surface area contributed by atoms with Crippen molar-refractivity contribution in [2.45, 2.75) is 19.8 Å². The minimum atomic E-state index is -0.0180. The van der Waals surface area contributed by atoms with E-state index in [0.717, 1.165) is 5.56 Å². The molecule has 0 aromatic heterocycles. The molecule has 2 aromatic carbocycles. The van der Waals surface area contributed by atoms with Gasteiger partial charge in [-0.25, -0.2) is 0 Å². The molecule has 0 radical (unpaired) electrons. The third-order valence-corrected chi connectivity index (χ3v) is 3.04. The number of rotatable bonds is 3. The van der Waals surface area contributed by atoms with Gasteiger partial charge in [0.15, 0.2) is 5.78 Å². The van der Waals surface area contributed by atoms with Gasteiger partial charge < -0.3 is 5.73 Å². The molecule has 0 aliphatic heterocycles. The second kappa shape index (κ2) is 5.05. The second-order valence-corrected chi connectivity index (χ2v) is 4.66. The second-order valence-electron chi connectivity index (χ2n) is 4.66. The molecule has 0 bridgehead atoms. The van der Waals surface area contributed by atoms with E-state index in [1.54, 1.807) is 6.07 Å². The van der Waals surface area contributed by atoms with Crippen LogP contribution in [0.15, 0.2) is 48.5 Å². The molecular formula is C16H17NO. The minimum absolute atomic E-state index is 0.0180. The monoisotopic (exact) mass is 239 g/mol. The van der Waals surface area contributed by atoms with Crippen LogP contribution in [0.1, 0.15) is 41.3 Å². The molecule has 0 spiro atoms. The molecule has 18 heavy (non-hydrogen) atoms. The maximum Gasteiger partial charge on any atom is 0.195 e. The molecule has 2 N–H and O–H groups in total. The Hall–Kier alpha value is -2.09. The van der Waals surface area contributed by atoms with Crippen molar-refractivity contribution >= 4 is 11.5 Å². The number of benzene rings is 2. The van der Waals surface area contributed by atoms with E-state index in [2.05, 4.69) is 13.8 Å². The smallest absolute Gasteiger partial charge is 0.195 e. The van der Waals surface area contributed by atoms with Crippen molar-refractivity contribution in [2.24, 2.45) is 0 Å². The summed E-state index contributed by atoms with van der Waals surface area (Å²) in [6.07, 6.45) is 0. The first-order valence-electron chi connectivity index (χ1n) is 6.09. The number of ketones is 1. The van der Waals surface area contributed by atoms with Gasteiger partial charge in [0.05, 0.1) is 0 Å². The molecule has 0 saturated carbocycles. The molecule has 0 atom stereocenters. The van der Waals surface area contributed by atoms with Gasteiger partial charge in [0.2, 0.25) is 0 Å². The van der Waals surface area contributed by atoms with Gasteiger partial charge in [-0.1, -0.05) is 56.3 Å². The van der Waals surface area contributed by atoms with Gasteiger partial charge in [-0.05, 0) is 17.5 Å². The summed E-state index contributed by atoms with van der Waals surface area (Å²) in [6.45, 7) is 4.14. The highest BCUT2D eigenvalue weighted by atomic mass is 16.1. The average Bonchev–Trinajstić information content (AvgIpc) is 2.39. The van der Waals surface area contributed by atoms with Crippen molar-refractivity contribution in [1.82, 2.24) is 0 Å². The molecule has 0 heterocycles. The van der Waals surface area contributed by atoms with E-state index in [1.165, 1.54) is 0 Å². The van der Waals surface area contributed by atoms with Gasteiger partial charge in [-0.15, -0.1) is 0 Å². The van der Waals surface area contributed by atoms with Crippen molar-refractivity contribution in [3.05, 3.63) is 65.2 Å². The zero-order valence-electron chi connectivity index (χ0n) is 10.7. The fourth-order valence-electron chi connectivity index (χ4n) is 2.03. The summed E-state index contributed by atoms with van der Waals surface area (Å²) >= 11 is 0. The van der Waals surface area contributed by atoms with Crippen LogP contribution in [0.4, 0.5) is 5.69 Å². The van der Waals surface area contributed by atoms with Crippen LogP contribution in [0.25, 0.3) is 0 Å². The van der Waals surface area contributed by atoms with Crippen LogP contribution in [0.5, 0.6) is 0 Å². The summed E-state index contributed by atoms with van der Waals surface area (Å²) in [6, 6.07) is 14.9. The number of nitrogens with two attached hydrogens (primary N) is 1. The van der Waals surface area contributed by atoms with Crippen molar-refractivity contribution < 1.29 is 4.79 Å². The maximum atomic E-state index is 12.4. The summed E-state index contributed by atoms with van der Waals surface area (Å²) in [4.78, 5) is 12.4. The normalized spacial score (nSPS) is 10.6. The first-order chi connectivity index (χ1) is 8.61. The van der Waals surface area contributed by atoms with E-state index >= 15 is 0 Å². The topological polar surface area (TPSA) is 43.1 Å². The Morgan fingerprint density at radius 3 is 2.28 bits per heavy atom. The highest BCUT2D eigenvalue weighted by Gasteiger charge is 2.15. The van der Waals surface area contributed by atoms with E-state index in [-0.39, 0.29) is 5.78 Å². The minimum Gasteiger partial charge on any atom is -0.398 e. The maximum absolute atomic E-state index is 12.4. The van der Waals surface area contributed by atoms with Crippen LogP contribution in [-0.4, -0.2) is 5.78 Å². The molecule has 2 aromatic rings. The van der Waals surface area contributed by atoms with Crippen molar-refractivity contribution in [2.75, 3.05) is 5.73 Å². The lowest BCUT2D eigenvalue weighted by atomic mass is 9.94. The number of hydrogen-bond acceptors (Lipinski definition) is 2. The molecule has 2 nitrogen and oxygen atoms in total. The number of nitrogen functional groups attached to an aromatic ring is 1. The Balaban J connectivity index is 2.47. The SMILES string of the molecule is CC(C)c1cccc(C(=O)c2ccccc2)c1N. The zero-order valence-corrected chi connectivity index (χ0v) is 10.7. The van der Waals surface area contributed by atoms with Crippen LogP contribution in [-0.2, 0) is 0 Å². The van der Waals surface area contributed by atoms with Crippen molar-refractivity contribution in [3.8, 4) is 0 Å². The van der Waals surface area contributed by atoms with Crippen molar-refractivity contribution in [3.63, 3.8) is 0 Å². The van der Waals surface area contributed by atoms with Crippen LogP contribution in [0, 0.1) is 0 Å². The number of hydrogen-bond donors (Lipinski definition) is 1. The highest BCUT2D eigenvalue weighted by molar-refractivity contribution is 6.12. The van der Waals surface area contributed by atoms with Crippen LogP contribution in [0.3, 0.4) is 0 Å². The Bertz CT molecular complexity index is 559. The lowest BCUT2D eigenvalue weighted by Crippen LogP contribution is -2.08. The zero-order chi connectivity index (χ0) is 13.1. The molecule has 0 unspecified atom stereocenters. The Morgan fingerprint density at radius 1 is 1.00 bits per heavy atom. The van der Waals surface area contributed by atoms with E-state index in [0.29, 0.717) is 22.7 Å². The molecule has 2 rings (SSSR count). The van der Waals surface area contributed by atoms with E-state index in [4.69, 9.17) is 5.73 Å². The lowest BCUT2D eigenvalue weighted by molar-refractivity contribution is 0.103. The van der Waals surface area contributed by atoms with E-state index < -0.39 is 0 Å². The van der Waals surface area contributed by atoms with Gasteiger partial charge in [0.25, 0.3) is 0 Å². The van der Waals surface area contributed by atoms with Gasteiger partial charge in [0, 0.05) is 16.8 Å². The molecule has 0 saturated heterocycles. The standard InChI is InChI=1S/C16H17NO/c1-11(2)13-9-6-10-14(15(13)17)16(18)12-7-4-3-5-8-12/h3-11H,17H2,1-2H3. The van der Waals surface area contributed by atoms with Crippen LogP contribution >= 0.6 is 0 Å². The summed E-state index contributed by atoms with van der Waals surface area (Å²) in [5.41, 5.74) is 8.99. The third-order valence-electron chi connectivity index (χ3n) is 3.04. The summed E-state index contributed by atoms with van der Waals surface area (Å²) < 4.78 is 0. The Labute approximate surface area is 107 Å². The van der Waals surface area contributed by atoms with Gasteiger partial charge in [0.1, 0.15) is 0 Å². The van der Waals surface area contributed by atoms with Crippen LogP contribution in [0.2, 0.25) is 0 Å². The molecule has 0 amide bonds. The molecule has 0 aliphatic rings.